The molecule has 1 atom stereocenters. The Hall–Kier alpha value is -1.16. The fourth-order valence-electron chi connectivity index (χ4n) is 1.13. The summed E-state index contributed by atoms with van der Waals surface area (Å²) in [5, 5.41) is 0. The minimum atomic E-state index is 0.430. The summed E-state index contributed by atoms with van der Waals surface area (Å²) in [7, 11) is 1.61. The Morgan fingerprint density at radius 3 is 3.00 bits per heavy atom. The average Bonchev–Trinajstić information content (AvgIpc) is 2.18. The van der Waals surface area contributed by atoms with Crippen LogP contribution in [-0.4, -0.2) is 23.6 Å². The molecule has 1 heterocycles. The third-order valence-corrected chi connectivity index (χ3v) is 1.91. The van der Waals surface area contributed by atoms with Gasteiger partial charge in [-0.2, -0.15) is 0 Å². The summed E-state index contributed by atoms with van der Waals surface area (Å²) in [5.74, 6) is 1.08. The van der Waals surface area contributed by atoms with Crippen LogP contribution in [0.2, 0.25) is 0 Å². The SMILES string of the molecule is COc1ncncc1CC(C)CN. The van der Waals surface area contributed by atoms with Gasteiger partial charge in [-0.05, 0) is 18.9 Å². The Bertz CT molecular complexity index is 265. The zero-order valence-electron chi connectivity index (χ0n) is 8.03. The number of hydrogen-bond acceptors (Lipinski definition) is 4. The van der Waals surface area contributed by atoms with E-state index in [0.29, 0.717) is 18.3 Å². The summed E-state index contributed by atoms with van der Waals surface area (Å²) in [6, 6.07) is 0. The van der Waals surface area contributed by atoms with E-state index in [4.69, 9.17) is 10.5 Å². The van der Waals surface area contributed by atoms with E-state index in [2.05, 4.69) is 16.9 Å². The van der Waals surface area contributed by atoms with Crippen LogP contribution in [0.25, 0.3) is 0 Å². The van der Waals surface area contributed by atoms with Gasteiger partial charge in [0.2, 0.25) is 5.88 Å². The molecular formula is C9H15N3O. The standard InChI is InChI=1S/C9H15N3O/c1-7(4-10)3-8-5-11-6-12-9(8)13-2/h5-7H,3-4,10H2,1-2H3. The van der Waals surface area contributed by atoms with Gasteiger partial charge in [0, 0.05) is 11.8 Å². The maximum absolute atomic E-state index is 5.53. The summed E-state index contributed by atoms with van der Waals surface area (Å²) >= 11 is 0. The van der Waals surface area contributed by atoms with E-state index in [-0.39, 0.29) is 0 Å². The van der Waals surface area contributed by atoms with Crippen LogP contribution in [0.3, 0.4) is 0 Å². The second-order valence-corrected chi connectivity index (χ2v) is 3.10. The van der Waals surface area contributed by atoms with E-state index in [0.717, 1.165) is 12.0 Å². The van der Waals surface area contributed by atoms with Crippen molar-refractivity contribution in [2.24, 2.45) is 11.7 Å². The van der Waals surface area contributed by atoms with Crippen molar-refractivity contribution in [2.75, 3.05) is 13.7 Å². The first-order valence-electron chi connectivity index (χ1n) is 4.30. The van der Waals surface area contributed by atoms with Crippen molar-refractivity contribution < 1.29 is 4.74 Å². The molecule has 0 amide bonds. The van der Waals surface area contributed by atoms with Crippen molar-refractivity contribution in [2.45, 2.75) is 13.3 Å². The molecule has 0 saturated carbocycles. The third kappa shape index (κ3) is 2.66. The lowest BCUT2D eigenvalue weighted by Crippen LogP contribution is -2.14. The van der Waals surface area contributed by atoms with Crippen molar-refractivity contribution in [1.29, 1.82) is 0 Å². The number of aromatic nitrogens is 2. The summed E-state index contributed by atoms with van der Waals surface area (Å²) in [5.41, 5.74) is 6.55. The van der Waals surface area contributed by atoms with Crippen LogP contribution < -0.4 is 10.5 Å². The highest BCUT2D eigenvalue weighted by molar-refractivity contribution is 5.22. The molecule has 0 spiro atoms. The first kappa shape index (κ1) is 9.92. The topological polar surface area (TPSA) is 61.0 Å². The third-order valence-electron chi connectivity index (χ3n) is 1.91. The van der Waals surface area contributed by atoms with E-state index in [1.165, 1.54) is 6.33 Å². The summed E-state index contributed by atoms with van der Waals surface area (Å²) in [6.45, 7) is 2.75. The first-order valence-corrected chi connectivity index (χ1v) is 4.30. The molecule has 0 aromatic carbocycles. The lowest BCUT2D eigenvalue weighted by atomic mass is 10.0. The minimum absolute atomic E-state index is 0.430. The van der Waals surface area contributed by atoms with Gasteiger partial charge in [-0.1, -0.05) is 6.92 Å². The molecule has 1 aromatic heterocycles. The van der Waals surface area contributed by atoms with Crippen molar-refractivity contribution in [3.8, 4) is 5.88 Å². The average molecular weight is 181 g/mol. The quantitative estimate of drug-likeness (QED) is 0.739. The van der Waals surface area contributed by atoms with Crippen LogP contribution >= 0.6 is 0 Å². The molecule has 2 N–H and O–H groups in total. The van der Waals surface area contributed by atoms with Gasteiger partial charge < -0.3 is 10.5 Å². The van der Waals surface area contributed by atoms with Gasteiger partial charge in [0.15, 0.2) is 0 Å². The molecule has 0 fully saturated rings. The van der Waals surface area contributed by atoms with Gasteiger partial charge in [0.25, 0.3) is 0 Å². The predicted molar refractivity (Wildman–Crippen MR) is 50.5 cm³/mol. The van der Waals surface area contributed by atoms with Crippen LogP contribution in [0.1, 0.15) is 12.5 Å². The highest BCUT2D eigenvalue weighted by Gasteiger charge is 2.07. The highest BCUT2D eigenvalue weighted by Crippen LogP contribution is 2.16. The normalized spacial score (nSPS) is 12.5. The van der Waals surface area contributed by atoms with E-state index in [1.54, 1.807) is 13.3 Å². The van der Waals surface area contributed by atoms with E-state index in [9.17, 15) is 0 Å². The Labute approximate surface area is 78.1 Å². The summed E-state index contributed by atoms with van der Waals surface area (Å²) in [6.07, 6.45) is 4.12. The molecule has 0 radical (unpaired) electrons. The first-order chi connectivity index (χ1) is 6.27. The molecule has 1 rings (SSSR count). The van der Waals surface area contributed by atoms with Crippen molar-refractivity contribution in [1.82, 2.24) is 9.97 Å². The Kier molecular flexibility index (Phi) is 3.64. The lowest BCUT2D eigenvalue weighted by molar-refractivity contribution is 0.387. The lowest BCUT2D eigenvalue weighted by Gasteiger charge is -2.09. The van der Waals surface area contributed by atoms with E-state index < -0.39 is 0 Å². The summed E-state index contributed by atoms with van der Waals surface area (Å²) in [4.78, 5) is 7.96. The van der Waals surface area contributed by atoms with Crippen LogP contribution in [0.5, 0.6) is 5.88 Å². The zero-order valence-corrected chi connectivity index (χ0v) is 8.03. The van der Waals surface area contributed by atoms with Gasteiger partial charge in [-0.15, -0.1) is 0 Å². The largest absolute Gasteiger partial charge is 0.481 e. The number of methoxy groups -OCH3 is 1. The molecule has 0 saturated heterocycles. The van der Waals surface area contributed by atoms with Crippen molar-refractivity contribution in [3.63, 3.8) is 0 Å². The molecule has 4 heteroatoms. The number of hydrogen-bond donors (Lipinski definition) is 1. The van der Waals surface area contributed by atoms with Gasteiger partial charge in [0.1, 0.15) is 6.33 Å². The molecule has 0 bridgehead atoms. The predicted octanol–water partition coefficient (Wildman–Crippen LogP) is 0.622. The van der Waals surface area contributed by atoms with Crippen LogP contribution in [0, 0.1) is 5.92 Å². The van der Waals surface area contributed by atoms with Crippen molar-refractivity contribution >= 4 is 0 Å². The molecule has 0 aliphatic carbocycles. The fraction of sp³-hybridized carbons (Fsp3) is 0.556. The highest BCUT2D eigenvalue weighted by atomic mass is 16.5. The molecule has 0 aliphatic heterocycles. The fourth-order valence-corrected chi connectivity index (χ4v) is 1.13. The minimum Gasteiger partial charge on any atom is -0.481 e. The maximum atomic E-state index is 5.53. The second kappa shape index (κ2) is 4.77. The molecule has 1 aromatic rings. The van der Waals surface area contributed by atoms with Crippen LogP contribution in [0.4, 0.5) is 0 Å². The molecule has 13 heavy (non-hydrogen) atoms. The Morgan fingerprint density at radius 1 is 1.62 bits per heavy atom. The number of ether oxygens (including phenoxy) is 1. The van der Waals surface area contributed by atoms with Crippen molar-refractivity contribution in [3.05, 3.63) is 18.1 Å². The monoisotopic (exact) mass is 181 g/mol. The van der Waals surface area contributed by atoms with Crippen LogP contribution in [0.15, 0.2) is 12.5 Å². The Balaban J connectivity index is 2.74. The van der Waals surface area contributed by atoms with Gasteiger partial charge in [-0.3, -0.25) is 0 Å². The van der Waals surface area contributed by atoms with E-state index in [1.807, 2.05) is 0 Å². The van der Waals surface area contributed by atoms with Gasteiger partial charge in [0.05, 0.1) is 7.11 Å². The Morgan fingerprint density at radius 2 is 2.38 bits per heavy atom. The molecule has 72 valence electrons. The van der Waals surface area contributed by atoms with Crippen LogP contribution in [-0.2, 0) is 6.42 Å². The zero-order chi connectivity index (χ0) is 9.68. The molecule has 1 unspecified atom stereocenters. The number of rotatable bonds is 4. The van der Waals surface area contributed by atoms with Gasteiger partial charge >= 0.3 is 0 Å². The second-order valence-electron chi connectivity index (χ2n) is 3.10. The summed E-state index contributed by atoms with van der Waals surface area (Å²) < 4.78 is 5.10. The molecular weight excluding hydrogens is 166 g/mol. The maximum Gasteiger partial charge on any atom is 0.219 e. The smallest absolute Gasteiger partial charge is 0.219 e. The number of nitrogens with two attached hydrogens (primary N) is 1. The van der Waals surface area contributed by atoms with Gasteiger partial charge in [-0.25, -0.2) is 9.97 Å². The van der Waals surface area contributed by atoms with E-state index >= 15 is 0 Å². The molecule has 4 nitrogen and oxygen atoms in total. The number of nitrogens with zero attached hydrogens (tertiary/aromatic N) is 2. The molecule has 0 aliphatic rings.